The topological polar surface area (TPSA) is 92.3 Å². The predicted molar refractivity (Wildman–Crippen MR) is 106 cm³/mol. The summed E-state index contributed by atoms with van der Waals surface area (Å²) in [5.41, 5.74) is -0.00250. The lowest BCUT2D eigenvalue weighted by Gasteiger charge is -2.22. The van der Waals surface area contributed by atoms with Gasteiger partial charge in [0.05, 0.1) is 6.04 Å². The zero-order chi connectivity index (χ0) is 23.0. The van der Waals surface area contributed by atoms with Gasteiger partial charge in [0.15, 0.2) is 11.6 Å². The first-order valence-electron chi connectivity index (χ1n) is 9.23. The minimum Gasteiger partial charge on any atom is -0.320 e. The van der Waals surface area contributed by atoms with Crippen molar-refractivity contribution in [2.24, 2.45) is 0 Å². The van der Waals surface area contributed by atoms with Crippen LogP contribution in [0.5, 0.6) is 0 Å². The molecule has 0 aliphatic carbocycles. The summed E-state index contributed by atoms with van der Waals surface area (Å²) in [5.74, 6) is -4.94. The second-order valence-corrected chi connectivity index (χ2v) is 9.75. The van der Waals surface area contributed by atoms with Gasteiger partial charge in [-0.05, 0) is 43.2 Å². The molecule has 0 spiro atoms. The molecule has 1 amide bonds. The Morgan fingerprint density at radius 1 is 1.03 bits per heavy atom. The number of nitrogens with one attached hydrogen (secondary N) is 1. The maximum absolute atomic E-state index is 14.1. The van der Waals surface area contributed by atoms with Gasteiger partial charge in [0, 0.05) is 18.3 Å². The second-order valence-electron chi connectivity index (χ2n) is 6.88. The van der Waals surface area contributed by atoms with E-state index in [0.29, 0.717) is 18.9 Å². The van der Waals surface area contributed by atoms with Gasteiger partial charge < -0.3 is 5.32 Å². The molecular formula is C19H14F4N4O3S2. The molecular weight excluding hydrogens is 472 g/mol. The van der Waals surface area contributed by atoms with Crippen LogP contribution in [0.2, 0.25) is 0 Å². The molecule has 3 aromatic rings. The SMILES string of the molecule is O=C(Nc1ccc(F)c(F)c1)c1nnc([C@@H]2CCCN2S(=O)(=O)c2cc(F)ccc2F)s1. The Balaban J connectivity index is 1.57. The van der Waals surface area contributed by atoms with Gasteiger partial charge in [-0.3, -0.25) is 4.79 Å². The first-order chi connectivity index (χ1) is 15.2. The standard InChI is InChI=1S/C19H14F4N4O3S2/c20-10-3-5-13(22)16(8-10)32(29,30)27-7-1-2-15(27)18-25-26-19(31-18)17(28)24-11-4-6-12(21)14(23)9-11/h3-6,8-9,15H,1-2,7H2,(H,24,28)/t15-/m0/s1. The fourth-order valence-electron chi connectivity index (χ4n) is 3.30. The van der Waals surface area contributed by atoms with Gasteiger partial charge >= 0.3 is 0 Å². The zero-order valence-electron chi connectivity index (χ0n) is 16.1. The van der Waals surface area contributed by atoms with E-state index >= 15 is 0 Å². The summed E-state index contributed by atoms with van der Waals surface area (Å²) in [6, 6.07) is 4.16. The number of hydrogen-bond donors (Lipinski definition) is 1. The van der Waals surface area contributed by atoms with Crippen LogP contribution in [0.3, 0.4) is 0 Å². The number of amides is 1. The van der Waals surface area contributed by atoms with E-state index in [1.807, 2.05) is 0 Å². The molecule has 1 saturated heterocycles. The van der Waals surface area contributed by atoms with Crippen molar-refractivity contribution < 1.29 is 30.8 Å². The van der Waals surface area contributed by atoms with Crippen LogP contribution in [0, 0.1) is 23.3 Å². The molecule has 0 bridgehead atoms. The van der Waals surface area contributed by atoms with Crippen molar-refractivity contribution in [1.82, 2.24) is 14.5 Å². The predicted octanol–water partition coefficient (Wildman–Crippen LogP) is 3.87. The third-order valence-corrected chi connectivity index (χ3v) is 7.73. The molecule has 7 nitrogen and oxygen atoms in total. The highest BCUT2D eigenvalue weighted by molar-refractivity contribution is 7.89. The van der Waals surface area contributed by atoms with Gasteiger partial charge in [0.2, 0.25) is 15.0 Å². The van der Waals surface area contributed by atoms with Crippen molar-refractivity contribution >= 4 is 33.0 Å². The van der Waals surface area contributed by atoms with Crippen LogP contribution < -0.4 is 5.32 Å². The quantitative estimate of drug-likeness (QED) is 0.553. The number of sulfonamides is 1. The van der Waals surface area contributed by atoms with Gasteiger partial charge in [-0.15, -0.1) is 10.2 Å². The van der Waals surface area contributed by atoms with Crippen molar-refractivity contribution in [3.8, 4) is 0 Å². The Hall–Kier alpha value is -2.90. The number of benzene rings is 2. The van der Waals surface area contributed by atoms with Gasteiger partial charge in [-0.1, -0.05) is 11.3 Å². The maximum Gasteiger partial charge on any atom is 0.286 e. The molecule has 0 saturated carbocycles. The van der Waals surface area contributed by atoms with Gasteiger partial charge in [-0.2, -0.15) is 4.31 Å². The summed E-state index contributed by atoms with van der Waals surface area (Å²) in [6.45, 7) is 0.0545. The first kappa shape index (κ1) is 22.3. The molecule has 13 heteroatoms. The number of anilines is 1. The van der Waals surface area contributed by atoms with Crippen LogP contribution in [0.4, 0.5) is 23.2 Å². The van der Waals surface area contributed by atoms with Crippen LogP contribution in [0.25, 0.3) is 0 Å². The number of nitrogens with zero attached hydrogens (tertiary/aromatic N) is 3. The molecule has 32 heavy (non-hydrogen) atoms. The molecule has 4 rings (SSSR count). The smallest absolute Gasteiger partial charge is 0.286 e. The van der Waals surface area contributed by atoms with Gasteiger partial charge in [0.1, 0.15) is 21.5 Å². The van der Waals surface area contributed by atoms with Crippen molar-refractivity contribution in [1.29, 1.82) is 0 Å². The molecule has 1 aliphatic rings. The number of rotatable bonds is 5. The number of carbonyl (C=O) groups is 1. The van der Waals surface area contributed by atoms with Crippen LogP contribution in [0.15, 0.2) is 41.3 Å². The van der Waals surface area contributed by atoms with Crippen molar-refractivity contribution in [3.05, 3.63) is 69.7 Å². The number of halogens is 4. The van der Waals surface area contributed by atoms with E-state index in [0.717, 1.165) is 46.0 Å². The Bertz CT molecular complexity index is 1300. The summed E-state index contributed by atoms with van der Waals surface area (Å²) < 4.78 is 80.9. The maximum atomic E-state index is 14.1. The lowest BCUT2D eigenvalue weighted by atomic mass is 10.2. The summed E-state index contributed by atoms with van der Waals surface area (Å²) in [6.07, 6.45) is 0.784. The molecule has 2 aromatic carbocycles. The van der Waals surface area contributed by atoms with Crippen LogP contribution in [-0.2, 0) is 10.0 Å². The van der Waals surface area contributed by atoms with Crippen LogP contribution in [0.1, 0.15) is 33.7 Å². The van der Waals surface area contributed by atoms with Gasteiger partial charge in [-0.25, -0.2) is 26.0 Å². The monoisotopic (exact) mass is 486 g/mol. The van der Waals surface area contributed by atoms with E-state index in [-0.39, 0.29) is 22.2 Å². The first-order valence-corrected chi connectivity index (χ1v) is 11.5. The molecule has 2 heterocycles. The summed E-state index contributed by atoms with van der Waals surface area (Å²) in [4.78, 5) is 11.6. The Morgan fingerprint density at radius 2 is 1.78 bits per heavy atom. The fourth-order valence-corrected chi connectivity index (χ4v) is 5.99. The minimum absolute atomic E-state index is 0.00250. The highest BCUT2D eigenvalue weighted by atomic mass is 32.2. The Labute approximate surface area is 183 Å². The molecule has 168 valence electrons. The highest BCUT2D eigenvalue weighted by Crippen LogP contribution is 2.38. The van der Waals surface area contributed by atoms with Crippen molar-refractivity contribution in [2.45, 2.75) is 23.8 Å². The van der Waals surface area contributed by atoms with Crippen molar-refractivity contribution in [2.75, 3.05) is 11.9 Å². The third kappa shape index (κ3) is 4.23. The van der Waals surface area contributed by atoms with Crippen molar-refractivity contribution in [3.63, 3.8) is 0 Å². The molecule has 0 radical (unpaired) electrons. The van der Waals surface area contributed by atoms with Crippen LogP contribution in [-0.4, -0.2) is 35.4 Å². The zero-order valence-corrected chi connectivity index (χ0v) is 17.7. The summed E-state index contributed by atoms with van der Waals surface area (Å²) in [5, 5.41) is 10.1. The molecule has 1 N–H and O–H groups in total. The number of hydrogen-bond acceptors (Lipinski definition) is 6. The fraction of sp³-hybridized carbons (Fsp3) is 0.211. The summed E-state index contributed by atoms with van der Waals surface area (Å²) in [7, 11) is -4.38. The third-order valence-electron chi connectivity index (χ3n) is 4.78. The molecule has 1 fully saturated rings. The van der Waals surface area contributed by atoms with Crippen LogP contribution >= 0.6 is 11.3 Å². The lowest BCUT2D eigenvalue weighted by Crippen LogP contribution is -2.31. The highest BCUT2D eigenvalue weighted by Gasteiger charge is 2.39. The number of aromatic nitrogens is 2. The molecule has 1 atom stereocenters. The van der Waals surface area contributed by atoms with E-state index in [2.05, 4.69) is 15.5 Å². The molecule has 1 aliphatic heterocycles. The van der Waals surface area contributed by atoms with Gasteiger partial charge in [0.25, 0.3) is 5.91 Å². The molecule has 1 aromatic heterocycles. The van der Waals surface area contributed by atoms with E-state index < -0.39 is 50.1 Å². The molecule has 0 unspecified atom stereocenters. The average Bonchev–Trinajstić information content (AvgIpc) is 3.42. The van der Waals surface area contributed by atoms with E-state index in [4.69, 9.17) is 0 Å². The largest absolute Gasteiger partial charge is 0.320 e. The van der Waals surface area contributed by atoms with E-state index in [1.54, 1.807) is 0 Å². The Morgan fingerprint density at radius 3 is 2.53 bits per heavy atom. The summed E-state index contributed by atoms with van der Waals surface area (Å²) >= 11 is 0.811. The number of carbonyl (C=O) groups excluding carboxylic acids is 1. The Kier molecular flexibility index (Phi) is 5.97. The van der Waals surface area contributed by atoms with E-state index in [1.165, 1.54) is 0 Å². The minimum atomic E-state index is -4.38. The lowest BCUT2D eigenvalue weighted by molar-refractivity contribution is 0.102. The van der Waals surface area contributed by atoms with E-state index in [9.17, 15) is 30.8 Å². The second kappa shape index (κ2) is 8.56. The average molecular weight is 486 g/mol. The normalized spacial score (nSPS) is 16.9.